The summed E-state index contributed by atoms with van der Waals surface area (Å²) in [5.41, 5.74) is 2.47. The normalized spacial score (nSPS) is 17.1. The van der Waals surface area contributed by atoms with Gasteiger partial charge in [-0.05, 0) is 49.2 Å². The predicted molar refractivity (Wildman–Crippen MR) is 74.1 cm³/mol. The van der Waals surface area contributed by atoms with Crippen LogP contribution in [0.15, 0.2) is 30.3 Å². The zero-order valence-electron chi connectivity index (χ0n) is 11.3. The summed E-state index contributed by atoms with van der Waals surface area (Å²) in [7, 11) is 0. The molecule has 2 aromatic rings. The summed E-state index contributed by atoms with van der Waals surface area (Å²) in [6.07, 6.45) is -0.528. The molecule has 1 N–H and O–H groups in total. The van der Waals surface area contributed by atoms with Gasteiger partial charge in [0, 0.05) is 5.56 Å². The highest BCUT2D eigenvalue weighted by Crippen LogP contribution is 2.35. The van der Waals surface area contributed by atoms with Gasteiger partial charge in [0.05, 0.1) is 12.2 Å². The third-order valence-corrected chi connectivity index (χ3v) is 3.51. The summed E-state index contributed by atoms with van der Waals surface area (Å²) in [6, 6.07) is 8.21. The fourth-order valence-corrected chi connectivity index (χ4v) is 2.35. The molecule has 1 heterocycles. The summed E-state index contributed by atoms with van der Waals surface area (Å²) in [5.74, 6) is -0.187. The van der Waals surface area contributed by atoms with E-state index in [1.54, 1.807) is 6.92 Å². The highest BCUT2D eigenvalue weighted by Gasteiger charge is 2.24. The van der Waals surface area contributed by atoms with Gasteiger partial charge in [-0.15, -0.1) is 0 Å². The van der Waals surface area contributed by atoms with Crippen molar-refractivity contribution in [1.29, 1.82) is 0 Å². The number of ether oxygens (including phenoxy) is 1. The molecule has 0 fully saturated rings. The van der Waals surface area contributed by atoms with Gasteiger partial charge in [0.25, 0.3) is 0 Å². The van der Waals surface area contributed by atoms with Crippen LogP contribution in [-0.4, -0.2) is 6.54 Å². The Kier molecular flexibility index (Phi) is 3.08. The third-order valence-electron chi connectivity index (χ3n) is 3.51. The number of fused-ring (bicyclic) bond motifs is 1. The number of nitrogens with one attached hydrogen (secondary N) is 1. The second-order valence-corrected chi connectivity index (χ2v) is 5.11. The molecule has 1 unspecified atom stereocenters. The molecule has 20 heavy (non-hydrogen) atoms. The van der Waals surface area contributed by atoms with Gasteiger partial charge in [0.2, 0.25) is 0 Å². The van der Waals surface area contributed by atoms with Crippen molar-refractivity contribution in [3.63, 3.8) is 0 Å². The molecule has 2 nitrogen and oxygen atoms in total. The first-order valence-electron chi connectivity index (χ1n) is 6.51. The highest BCUT2D eigenvalue weighted by atomic mass is 19.1. The Morgan fingerprint density at radius 3 is 2.70 bits per heavy atom. The van der Waals surface area contributed by atoms with Crippen LogP contribution in [0.5, 0.6) is 5.75 Å². The molecule has 0 amide bonds. The molecule has 1 aliphatic rings. The van der Waals surface area contributed by atoms with Gasteiger partial charge in [0.1, 0.15) is 23.5 Å². The smallest absolute Gasteiger partial charge is 0.144 e. The van der Waals surface area contributed by atoms with Gasteiger partial charge in [-0.25, -0.2) is 8.78 Å². The Hall–Kier alpha value is -2.10. The lowest BCUT2D eigenvalue weighted by atomic mass is 10.0. The molecule has 0 bridgehead atoms. The quantitative estimate of drug-likeness (QED) is 0.845. The fraction of sp³-hybridized carbons (Fsp3) is 0.250. The first-order chi connectivity index (χ1) is 9.54. The van der Waals surface area contributed by atoms with E-state index in [1.165, 1.54) is 12.1 Å². The van der Waals surface area contributed by atoms with E-state index in [2.05, 4.69) is 5.32 Å². The predicted octanol–water partition coefficient (Wildman–Crippen LogP) is 4.13. The van der Waals surface area contributed by atoms with Crippen molar-refractivity contribution in [2.75, 3.05) is 11.9 Å². The van der Waals surface area contributed by atoms with Gasteiger partial charge < -0.3 is 10.1 Å². The van der Waals surface area contributed by atoms with Crippen LogP contribution in [0.2, 0.25) is 0 Å². The van der Waals surface area contributed by atoms with E-state index in [1.807, 2.05) is 25.1 Å². The maximum absolute atomic E-state index is 14.0. The molecule has 1 aliphatic heterocycles. The number of anilines is 1. The van der Waals surface area contributed by atoms with Crippen molar-refractivity contribution < 1.29 is 13.5 Å². The number of hydrogen-bond acceptors (Lipinski definition) is 2. The SMILES string of the molecule is Cc1ccc2c(c1)OC(c1cc(F)c(C)cc1F)CN2. The topological polar surface area (TPSA) is 21.3 Å². The zero-order valence-corrected chi connectivity index (χ0v) is 11.3. The standard InChI is InChI=1S/C16H15F2NO/c1-9-3-4-14-15(5-9)20-16(8-19-14)11-7-12(17)10(2)6-13(11)18/h3-7,16,19H,8H2,1-2H3. The van der Waals surface area contributed by atoms with Gasteiger partial charge in [-0.3, -0.25) is 0 Å². The van der Waals surface area contributed by atoms with Crippen molar-refractivity contribution in [3.8, 4) is 5.75 Å². The average molecular weight is 275 g/mol. The summed E-state index contributed by atoms with van der Waals surface area (Å²) >= 11 is 0. The van der Waals surface area contributed by atoms with E-state index in [0.29, 0.717) is 17.9 Å². The molecule has 0 radical (unpaired) electrons. The first-order valence-corrected chi connectivity index (χ1v) is 6.51. The van der Waals surface area contributed by atoms with Crippen LogP contribution < -0.4 is 10.1 Å². The summed E-state index contributed by atoms with van der Waals surface area (Å²) in [6.45, 7) is 3.91. The number of halogens is 2. The molecule has 1 atom stereocenters. The van der Waals surface area contributed by atoms with E-state index >= 15 is 0 Å². The lowest BCUT2D eigenvalue weighted by Gasteiger charge is -2.28. The molecule has 0 saturated carbocycles. The largest absolute Gasteiger partial charge is 0.482 e. The minimum atomic E-state index is -0.528. The van der Waals surface area contributed by atoms with Gasteiger partial charge in [0.15, 0.2) is 0 Å². The second-order valence-electron chi connectivity index (χ2n) is 5.11. The van der Waals surface area contributed by atoms with Crippen LogP contribution in [0, 0.1) is 25.5 Å². The number of aryl methyl sites for hydroxylation is 2. The molecule has 4 heteroatoms. The van der Waals surface area contributed by atoms with E-state index < -0.39 is 17.7 Å². The Morgan fingerprint density at radius 2 is 1.90 bits per heavy atom. The van der Waals surface area contributed by atoms with E-state index in [9.17, 15) is 8.78 Å². The van der Waals surface area contributed by atoms with Crippen LogP contribution in [0.1, 0.15) is 22.8 Å². The summed E-state index contributed by atoms with van der Waals surface area (Å²) in [4.78, 5) is 0. The third kappa shape index (κ3) is 2.22. The summed E-state index contributed by atoms with van der Waals surface area (Å²) < 4.78 is 33.4. The van der Waals surface area contributed by atoms with Gasteiger partial charge in [-0.2, -0.15) is 0 Å². The Morgan fingerprint density at radius 1 is 1.10 bits per heavy atom. The Labute approximate surface area is 116 Å². The van der Waals surface area contributed by atoms with Crippen molar-refractivity contribution in [2.24, 2.45) is 0 Å². The average Bonchev–Trinajstić information content (AvgIpc) is 2.42. The second kappa shape index (κ2) is 4.78. The molecule has 2 aromatic carbocycles. The van der Waals surface area contributed by atoms with E-state index in [4.69, 9.17) is 4.74 Å². The molecule has 104 valence electrons. The van der Waals surface area contributed by atoms with Crippen LogP contribution in [0.3, 0.4) is 0 Å². The van der Waals surface area contributed by atoms with E-state index in [-0.39, 0.29) is 5.56 Å². The van der Waals surface area contributed by atoms with Crippen LogP contribution in [0.25, 0.3) is 0 Å². The fourth-order valence-electron chi connectivity index (χ4n) is 2.35. The minimum absolute atomic E-state index is 0.243. The van der Waals surface area contributed by atoms with Gasteiger partial charge >= 0.3 is 0 Å². The Bertz CT molecular complexity index is 670. The first kappa shape index (κ1) is 12.9. The van der Waals surface area contributed by atoms with Crippen LogP contribution in [-0.2, 0) is 0 Å². The maximum Gasteiger partial charge on any atom is 0.144 e. The molecular weight excluding hydrogens is 260 g/mol. The molecule has 0 aliphatic carbocycles. The van der Waals surface area contributed by atoms with E-state index in [0.717, 1.165) is 11.3 Å². The Balaban J connectivity index is 1.96. The zero-order chi connectivity index (χ0) is 14.3. The number of hydrogen-bond donors (Lipinski definition) is 1. The molecule has 0 spiro atoms. The molecule has 0 aromatic heterocycles. The lowest BCUT2D eigenvalue weighted by Crippen LogP contribution is -2.24. The maximum atomic E-state index is 14.0. The lowest BCUT2D eigenvalue weighted by molar-refractivity contribution is 0.204. The number of rotatable bonds is 1. The van der Waals surface area contributed by atoms with Crippen LogP contribution >= 0.6 is 0 Å². The molecule has 0 saturated heterocycles. The number of benzene rings is 2. The minimum Gasteiger partial charge on any atom is -0.482 e. The summed E-state index contributed by atoms with van der Waals surface area (Å²) in [5, 5.41) is 3.19. The van der Waals surface area contributed by atoms with Crippen molar-refractivity contribution >= 4 is 5.69 Å². The molecular formula is C16H15F2NO. The monoisotopic (exact) mass is 275 g/mol. The van der Waals surface area contributed by atoms with Crippen molar-refractivity contribution in [3.05, 3.63) is 58.7 Å². The van der Waals surface area contributed by atoms with Crippen LogP contribution in [0.4, 0.5) is 14.5 Å². The van der Waals surface area contributed by atoms with Crippen molar-refractivity contribution in [1.82, 2.24) is 0 Å². The molecule has 3 rings (SSSR count). The van der Waals surface area contributed by atoms with Crippen molar-refractivity contribution in [2.45, 2.75) is 20.0 Å². The highest BCUT2D eigenvalue weighted by molar-refractivity contribution is 5.59. The van der Waals surface area contributed by atoms with Gasteiger partial charge in [-0.1, -0.05) is 6.07 Å².